The minimum atomic E-state index is -0.878. The van der Waals surface area contributed by atoms with Gasteiger partial charge < -0.3 is 4.74 Å². The van der Waals surface area contributed by atoms with E-state index in [1.54, 1.807) is 11.8 Å². The van der Waals surface area contributed by atoms with Crippen molar-refractivity contribution >= 4 is 23.5 Å². The first-order valence-electron chi connectivity index (χ1n) is 6.48. The van der Waals surface area contributed by atoms with Gasteiger partial charge in [0.1, 0.15) is 11.2 Å². The number of Topliss-reactive ketones (excluding diaryl/α,β-unsaturated/α-hetero) is 1. The van der Waals surface area contributed by atoms with Gasteiger partial charge in [0, 0.05) is 11.3 Å². The number of ketones is 1. The second kappa shape index (κ2) is 6.24. The molecule has 0 aromatic heterocycles. The van der Waals surface area contributed by atoms with Crippen molar-refractivity contribution in [2.45, 2.75) is 30.6 Å². The van der Waals surface area contributed by atoms with Crippen LogP contribution in [-0.2, 0) is 14.3 Å². The molecule has 1 aliphatic rings. The molecule has 0 spiro atoms. The first-order chi connectivity index (χ1) is 9.19. The summed E-state index contributed by atoms with van der Waals surface area (Å²) < 4.78 is 4.84. The van der Waals surface area contributed by atoms with E-state index in [1.165, 1.54) is 7.11 Å². The average Bonchev–Trinajstić information content (AvgIpc) is 2.81. The Balaban J connectivity index is 1.98. The van der Waals surface area contributed by atoms with Crippen molar-refractivity contribution in [3.05, 3.63) is 30.3 Å². The van der Waals surface area contributed by atoms with E-state index in [-0.39, 0.29) is 11.8 Å². The molecule has 2 rings (SSSR count). The maximum atomic E-state index is 12.0. The number of rotatable bonds is 5. The lowest BCUT2D eigenvalue weighted by atomic mass is 9.82. The van der Waals surface area contributed by atoms with Crippen molar-refractivity contribution in [1.29, 1.82) is 0 Å². The fourth-order valence-electron chi connectivity index (χ4n) is 2.57. The fraction of sp³-hybridized carbons (Fsp3) is 0.467. The van der Waals surface area contributed by atoms with E-state index in [1.807, 2.05) is 30.3 Å². The van der Waals surface area contributed by atoms with Crippen molar-refractivity contribution in [3.8, 4) is 0 Å². The topological polar surface area (TPSA) is 43.4 Å². The Hall–Kier alpha value is -1.29. The summed E-state index contributed by atoms with van der Waals surface area (Å²) in [5, 5.41) is 0. The van der Waals surface area contributed by atoms with Gasteiger partial charge in [0.15, 0.2) is 0 Å². The molecule has 0 saturated heterocycles. The van der Waals surface area contributed by atoms with Crippen molar-refractivity contribution in [2.75, 3.05) is 12.9 Å². The van der Waals surface area contributed by atoms with E-state index in [4.69, 9.17) is 4.74 Å². The normalized spacial score (nSPS) is 22.5. The van der Waals surface area contributed by atoms with E-state index in [0.717, 1.165) is 17.1 Å². The highest BCUT2D eigenvalue weighted by molar-refractivity contribution is 7.99. The number of carbonyl (C=O) groups excluding carboxylic acids is 2. The molecule has 0 N–H and O–H groups in total. The maximum absolute atomic E-state index is 12.0. The van der Waals surface area contributed by atoms with E-state index in [9.17, 15) is 9.59 Å². The molecule has 19 heavy (non-hydrogen) atoms. The summed E-state index contributed by atoms with van der Waals surface area (Å²) in [5.74, 6) is 0.446. The fourth-order valence-corrected chi connectivity index (χ4v) is 3.60. The molecule has 0 heterocycles. The highest BCUT2D eigenvalue weighted by Gasteiger charge is 2.48. The molecule has 4 heteroatoms. The van der Waals surface area contributed by atoms with Gasteiger partial charge in [0.25, 0.3) is 0 Å². The summed E-state index contributed by atoms with van der Waals surface area (Å²) in [6.45, 7) is 0. The van der Waals surface area contributed by atoms with Crippen LogP contribution in [-0.4, -0.2) is 24.6 Å². The second-order valence-corrected chi connectivity index (χ2v) is 5.93. The van der Waals surface area contributed by atoms with Gasteiger partial charge in [-0.05, 0) is 37.1 Å². The Labute approximate surface area is 117 Å². The summed E-state index contributed by atoms with van der Waals surface area (Å²) in [4.78, 5) is 25.1. The van der Waals surface area contributed by atoms with Crippen LogP contribution in [0.15, 0.2) is 35.2 Å². The number of ether oxygens (including phenoxy) is 1. The standard InChI is InChI=1S/C15H18O3S/c1-18-14(17)15(9-5-8-13(15)16)10-11-19-12-6-3-2-4-7-12/h2-4,6-7H,5,8-11H2,1H3. The number of carbonyl (C=O) groups is 2. The van der Waals surface area contributed by atoms with Crippen LogP contribution < -0.4 is 0 Å². The third-order valence-corrected chi connectivity index (χ3v) is 4.67. The molecule has 1 atom stereocenters. The second-order valence-electron chi connectivity index (χ2n) is 4.76. The molecule has 0 radical (unpaired) electrons. The predicted molar refractivity (Wildman–Crippen MR) is 75.1 cm³/mol. The third-order valence-electron chi connectivity index (χ3n) is 3.66. The van der Waals surface area contributed by atoms with Gasteiger partial charge in [-0.25, -0.2) is 0 Å². The number of esters is 1. The van der Waals surface area contributed by atoms with Gasteiger partial charge in [-0.3, -0.25) is 9.59 Å². The summed E-state index contributed by atoms with van der Waals surface area (Å²) in [6.07, 6.45) is 2.50. The summed E-state index contributed by atoms with van der Waals surface area (Å²) in [7, 11) is 1.36. The number of benzene rings is 1. The largest absolute Gasteiger partial charge is 0.468 e. The molecule has 0 bridgehead atoms. The van der Waals surface area contributed by atoms with Gasteiger partial charge >= 0.3 is 5.97 Å². The monoisotopic (exact) mass is 278 g/mol. The molecule has 3 nitrogen and oxygen atoms in total. The van der Waals surface area contributed by atoms with Crippen LogP contribution in [0.5, 0.6) is 0 Å². The zero-order valence-corrected chi connectivity index (χ0v) is 11.9. The van der Waals surface area contributed by atoms with Crippen molar-refractivity contribution in [3.63, 3.8) is 0 Å². The summed E-state index contributed by atoms with van der Waals surface area (Å²) in [6, 6.07) is 10.0. The van der Waals surface area contributed by atoms with Crippen LogP contribution in [0.2, 0.25) is 0 Å². The van der Waals surface area contributed by atoms with Gasteiger partial charge in [0.2, 0.25) is 0 Å². The number of methoxy groups -OCH3 is 1. The molecule has 1 fully saturated rings. The maximum Gasteiger partial charge on any atom is 0.319 e. The average molecular weight is 278 g/mol. The molecule has 0 aliphatic heterocycles. The van der Waals surface area contributed by atoms with Crippen molar-refractivity contribution < 1.29 is 14.3 Å². The molecule has 0 amide bonds. The zero-order chi connectivity index (χ0) is 13.7. The Kier molecular flexibility index (Phi) is 4.64. The van der Waals surface area contributed by atoms with Gasteiger partial charge in [-0.2, -0.15) is 0 Å². The number of hydrogen-bond donors (Lipinski definition) is 0. The van der Waals surface area contributed by atoms with E-state index in [2.05, 4.69) is 0 Å². The lowest BCUT2D eigenvalue weighted by molar-refractivity contribution is -0.156. The zero-order valence-electron chi connectivity index (χ0n) is 11.1. The molecule has 1 aromatic carbocycles. The van der Waals surface area contributed by atoms with Crippen LogP contribution in [0.25, 0.3) is 0 Å². The van der Waals surface area contributed by atoms with Crippen LogP contribution in [0, 0.1) is 5.41 Å². The lowest BCUT2D eigenvalue weighted by Gasteiger charge is -2.23. The van der Waals surface area contributed by atoms with Gasteiger partial charge in [0.05, 0.1) is 7.11 Å². The first kappa shape index (κ1) is 14.1. The Morgan fingerprint density at radius 1 is 1.37 bits per heavy atom. The quantitative estimate of drug-likeness (QED) is 0.471. The molecule has 1 unspecified atom stereocenters. The summed E-state index contributed by atoms with van der Waals surface area (Å²) >= 11 is 1.68. The minimum Gasteiger partial charge on any atom is -0.468 e. The first-order valence-corrected chi connectivity index (χ1v) is 7.47. The highest BCUT2D eigenvalue weighted by Crippen LogP contribution is 2.40. The molecule has 1 aromatic rings. The van der Waals surface area contributed by atoms with Crippen molar-refractivity contribution in [2.24, 2.45) is 5.41 Å². The van der Waals surface area contributed by atoms with Crippen LogP contribution in [0.1, 0.15) is 25.7 Å². The van der Waals surface area contributed by atoms with Crippen LogP contribution in [0.3, 0.4) is 0 Å². The van der Waals surface area contributed by atoms with E-state index >= 15 is 0 Å². The molecule has 1 saturated carbocycles. The third kappa shape index (κ3) is 3.00. The molecular formula is C15H18O3S. The molecular weight excluding hydrogens is 260 g/mol. The van der Waals surface area contributed by atoms with Crippen LogP contribution >= 0.6 is 11.8 Å². The Bertz CT molecular complexity index is 458. The lowest BCUT2D eigenvalue weighted by Crippen LogP contribution is -2.36. The highest BCUT2D eigenvalue weighted by atomic mass is 32.2. The number of hydrogen-bond acceptors (Lipinski definition) is 4. The smallest absolute Gasteiger partial charge is 0.319 e. The van der Waals surface area contributed by atoms with Crippen LogP contribution in [0.4, 0.5) is 0 Å². The minimum absolute atomic E-state index is 0.0491. The van der Waals surface area contributed by atoms with Crippen molar-refractivity contribution in [1.82, 2.24) is 0 Å². The predicted octanol–water partition coefficient (Wildman–Crippen LogP) is 3.08. The summed E-state index contributed by atoms with van der Waals surface area (Å²) in [5.41, 5.74) is -0.878. The van der Waals surface area contributed by atoms with Gasteiger partial charge in [-0.15, -0.1) is 11.8 Å². The van der Waals surface area contributed by atoms with Gasteiger partial charge in [-0.1, -0.05) is 18.2 Å². The molecule has 1 aliphatic carbocycles. The van der Waals surface area contributed by atoms with E-state index in [0.29, 0.717) is 19.3 Å². The SMILES string of the molecule is COC(=O)C1(CCSc2ccccc2)CCCC1=O. The molecule has 102 valence electrons. The Morgan fingerprint density at radius 2 is 2.11 bits per heavy atom. The van der Waals surface area contributed by atoms with E-state index < -0.39 is 5.41 Å². The number of thioether (sulfide) groups is 1. The Morgan fingerprint density at radius 3 is 2.68 bits per heavy atom.